The number of hydrogen-bond acceptors (Lipinski definition) is 2. The lowest BCUT2D eigenvalue weighted by molar-refractivity contribution is 0.201. The number of hydrogen-bond donors (Lipinski definition) is 2. The first-order valence-electron chi connectivity index (χ1n) is 3.02. The second-order valence-corrected chi connectivity index (χ2v) is 1.88. The molecule has 0 aliphatic carbocycles. The summed E-state index contributed by atoms with van der Waals surface area (Å²) in [6.07, 6.45) is 0.656. The van der Waals surface area contributed by atoms with Crippen molar-refractivity contribution in [3.8, 4) is 11.8 Å². The Morgan fingerprint density at radius 3 is 2.56 bits per heavy atom. The lowest BCUT2D eigenvalue weighted by Gasteiger charge is -1.91. The van der Waals surface area contributed by atoms with Crippen LogP contribution < -0.4 is 0 Å². The fraction of sp³-hybridized carbons (Fsp3) is 0.714. The molecular formula is C7H12O2. The Balaban J connectivity index is 3.16. The van der Waals surface area contributed by atoms with Gasteiger partial charge in [-0.05, 0) is 6.92 Å². The van der Waals surface area contributed by atoms with Crippen molar-refractivity contribution in [1.29, 1.82) is 0 Å². The van der Waals surface area contributed by atoms with Crippen molar-refractivity contribution < 1.29 is 10.2 Å². The molecule has 0 radical (unpaired) electrons. The van der Waals surface area contributed by atoms with Crippen molar-refractivity contribution in [2.24, 2.45) is 0 Å². The lowest BCUT2D eigenvalue weighted by atomic mass is 10.3. The topological polar surface area (TPSA) is 40.5 Å². The molecule has 0 aromatic heterocycles. The smallest absolute Gasteiger partial charge is 0.0621 e. The molecule has 0 saturated carbocycles. The first-order chi connectivity index (χ1) is 4.27. The van der Waals surface area contributed by atoms with E-state index in [1.807, 2.05) is 0 Å². The minimum Gasteiger partial charge on any atom is -0.395 e. The molecule has 0 aliphatic rings. The highest BCUT2D eigenvalue weighted by Crippen LogP contribution is 1.84. The van der Waals surface area contributed by atoms with Crippen LogP contribution in [0.2, 0.25) is 0 Å². The third kappa shape index (κ3) is 7.48. The van der Waals surface area contributed by atoms with Crippen molar-refractivity contribution in [2.75, 3.05) is 6.61 Å². The van der Waals surface area contributed by atoms with Crippen molar-refractivity contribution in [1.82, 2.24) is 0 Å². The minimum absolute atomic E-state index is 0.104. The molecule has 9 heavy (non-hydrogen) atoms. The molecule has 2 heteroatoms. The SMILES string of the molecule is CC(O)CC#CCCO. The summed E-state index contributed by atoms with van der Waals surface area (Å²) in [4.78, 5) is 0. The molecule has 0 amide bonds. The number of aliphatic hydroxyl groups excluding tert-OH is 2. The third-order valence-electron chi connectivity index (χ3n) is 0.759. The summed E-state index contributed by atoms with van der Waals surface area (Å²) < 4.78 is 0. The predicted molar refractivity (Wildman–Crippen MR) is 35.8 cm³/mol. The Morgan fingerprint density at radius 1 is 1.44 bits per heavy atom. The van der Waals surface area contributed by atoms with E-state index in [0.29, 0.717) is 12.8 Å². The second kappa shape index (κ2) is 5.61. The first-order valence-corrected chi connectivity index (χ1v) is 3.02. The van der Waals surface area contributed by atoms with E-state index in [4.69, 9.17) is 10.2 Å². The van der Waals surface area contributed by atoms with Gasteiger partial charge in [-0.15, -0.1) is 11.8 Å². The highest BCUT2D eigenvalue weighted by atomic mass is 16.3. The molecule has 0 bridgehead atoms. The molecule has 0 saturated heterocycles. The monoisotopic (exact) mass is 128 g/mol. The quantitative estimate of drug-likeness (QED) is 0.519. The highest BCUT2D eigenvalue weighted by Gasteiger charge is 1.86. The molecule has 0 fully saturated rings. The Labute approximate surface area is 55.5 Å². The summed E-state index contributed by atoms with van der Waals surface area (Å²) >= 11 is 0. The highest BCUT2D eigenvalue weighted by molar-refractivity contribution is 4.99. The maximum absolute atomic E-state index is 8.69. The molecule has 52 valence electrons. The van der Waals surface area contributed by atoms with Gasteiger partial charge in [-0.3, -0.25) is 0 Å². The van der Waals surface area contributed by atoms with Gasteiger partial charge in [-0.2, -0.15) is 0 Å². The van der Waals surface area contributed by atoms with Gasteiger partial charge in [0, 0.05) is 12.8 Å². The summed E-state index contributed by atoms with van der Waals surface area (Å²) in [5, 5.41) is 17.0. The van der Waals surface area contributed by atoms with Crippen molar-refractivity contribution in [3.63, 3.8) is 0 Å². The van der Waals surface area contributed by atoms with E-state index >= 15 is 0 Å². The van der Waals surface area contributed by atoms with E-state index in [9.17, 15) is 0 Å². The Bertz CT molecular complexity index is 108. The molecule has 0 aromatic carbocycles. The van der Waals surface area contributed by atoms with Gasteiger partial charge in [0.25, 0.3) is 0 Å². The molecule has 2 nitrogen and oxygen atoms in total. The van der Waals surface area contributed by atoms with E-state index in [2.05, 4.69) is 11.8 Å². The van der Waals surface area contributed by atoms with Crippen molar-refractivity contribution in [2.45, 2.75) is 25.9 Å². The van der Waals surface area contributed by atoms with Gasteiger partial charge in [0.1, 0.15) is 0 Å². The van der Waals surface area contributed by atoms with E-state index < -0.39 is 0 Å². The fourth-order valence-corrected chi connectivity index (χ4v) is 0.364. The minimum atomic E-state index is -0.351. The summed E-state index contributed by atoms with van der Waals surface area (Å²) in [5.74, 6) is 5.43. The zero-order valence-corrected chi connectivity index (χ0v) is 5.59. The predicted octanol–water partition coefficient (Wildman–Crippen LogP) is 0.143. The summed E-state index contributed by atoms with van der Waals surface area (Å²) in [5.41, 5.74) is 0. The van der Waals surface area contributed by atoms with Crippen LogP contribution in [0.3, 0.4) is 0 Å². The average molecular weight is 128 g/mol. The molecule has 0 rings (SSSR count). The summed E-state index contributed by atoms with van der Waals surface area (Å²) in [6.45, 7) is 1.79. The van der Waals surface area contributed by atoms with E-state index in [-0.39, 0.29) is 12.7 Å². The van der Waals surface area contributed by atoms with E-state index in [0.717, 1.165) is 0 Å². The van der Waals surface area contributed by atoms with Crippen LogP contribution in [-0.2, 0) is 0 Å². The number of aliphatic hydroxyl groups is 2. The Kier molecular flexibility index (Phi) is 5.29. The third-order valence-corrected chi connectivity index (χ3v) is 0.759. The van der Waals surface area contributed by atoms with Crippen LogP contribution in [0.1, 0.15) is 19.8 Å². The largest absolute Gasteiger partial charge is 0.395 e. The van der Waals surface area contributed by atoms with Crippen LogP contribution in [0.4, 0.5) is 0 Å². The molecule has 1 unspecified atom stereocenters. The number of rotatable bonds is 2. The van der Waals surface area contributed by atoms with Crippen LogP contribution in [0.5, 0.6) is 0 Å². The molecule has 0 spiro atoms. The Morgan fingerprint density at radius 2 is 2.11 bits per heavy atom. The first kappa shape index (κ1) is 8.48. The Hall–Kier alpha value is -0.520. The lowest BCUT2D eigenvalue weighted by Crippen LogP contribution is -1.95. The fourth-order valence-electron chi connectivity index (χ4n) is 0.364. The van der Waals surface area contributed by atoms with Gasteiger partial charge in [-0.25, -0.2) is 0 Å². The normalized spacial score (nSPS) is 11.9. The maximum Gasteiger partial charge on any atom is 0.0621 e. The van der Waals surface area contributed by atoms with Crippen LogP contribution >= 0.6 is 0 Å². The van der Waals surface area contributed by atoms with Gasteiger partial charge in [-0.1, -0.05) is 0 Å². The van der Waals surface area contributed by atoms with Crippen LogP contribution in [0.25, 0.3) is 0 Å². The molecule has 0 aromatic rings. The van der Waals surface area contributed by atoms with E-state index in [1.165, 1.54) is 0 Å². The molecule has 0 heterocycles. The zero-order chi connectivity index (χ0) is 7.11. The summed E-state index contributed by atoms with van der Waals surface area (Å²) in [6, 6.07) is 0. The summed E-state index contributed by atoms with van der Waals surface area (Å²) in [7, 11) is 0. The van der Waals surface area contributed by atoms with Crippen molar-refractivity contribution in [3.05, 3.63) is 0 Å². The second-order valence-electron chi connectivity index (χ2n) is 1.88. The van der Waals surface area contributed by atoms with Gasteiger partial charge < -0.3 is 10.2 Å². The van der Waals surface area contributed by atoms with E-state index in [1.54, 1.807) is 6.92 Å². The van der Waals surface area contributed by atoms with Gasteiger partial charge in [0.15, 0.2) is 0 Å². The van der Waals surface area contributed by atoms with Gasteiger partial charge >= 0.3 is 0 Å². The van der Waals surface area contributed by atoms with Gasteiger partial charge in [0.05, 0.1) is 12.7 Å². The standard InChI is InChI=1S/C7H12O2/c1-7(9)5-3-2-4-6-8/h7-9H,4-6H2,1H3. The van der Waals surface area contributed by atoms with Crippen LogP contribution in [0, 0.1) is 11.8 Å². The zero-order valence-electron chi connectivity index (χ0n) is 5.59. The molecular weight excluding hydrogens is 116 g/mol. The maximum atomic E-state index is 8.69. The average Bonchev–Trinajstić information content (AvgIpc) is 1.80. The molecule has 0 aliphatic heterocycles. The van der Waals surface area contributed by atoms with Crippen LogP contribution in [-0.4, -0.2) is 22.9 Å². The molecule has 1 atom stereocenters. The van der Waals surface area contributed by atoms with Crippen LogP contribution in [0.15, 0.2) is 0 Å². The van der Waals surface area contributed by atoms with Crippen molar-refractivity contribution >= 4 is 0 Å². The molecule has 2 N–H and O–H groups in total. The van der Waals surface area contributed by atoms with Gasteiger partial charge in [0.2, 0.25) is 0 Å².